The normalized spacial score (nSPS) is 10.8. The summed E-state index contributed by atoms with van der Waals surface area (Å²) in [5.41, 5.74) is 1.84. The van der Waals surface area contributed by atoms with E-state index in [9.17, 15) is 0 Å². The molecule has 1 radical (unpaired) electrons. The number of rotatable bonds is 3. The molecule has 2 aromatic carbocycles. The Labute approximate surface area is 141 Å². The molecule has 0 aliphatic carbocycles. The van der Waals surface area contributed by atoms with Crippen molar-refractivity contribution in [3.8, 4) is 5.95 Å². The summed E-state index contributed by atoms with van der Waals surface area (Å²) >= 11 is 3.42. The molecule has 0 saturated carbocycles. The smallest absolute Gasteiger partial charge is 0.252 e. The molecule has 0 spiro atoms. The summed E-state index contributed by atoms with van der Waals surface area (Å²) < 4.78 is 2.71. The van der Waals surface area contributed by atoms with Gasteiger partial charge in [0.1, 0.15) is 5.82 Å². The van der Waals surface area contributed by atoms with Crippen molar-refractivity contribution in [2.24, 2.45) is 0 Å². The van der Waals surface area contributed by atoms with Gasteiger partial charge >= 0.3 is 0 Å². The lowest BCUT2D eigenvalue weighted by Gasteiger charge is -2.06. The molecule has 0 aliphatic rings. The molecule has 1 N–H and O–H groups in total. The van der Waals surface area contributed by atoms with Crippen LogP contribution in [0.5, 0.6) is 0 Å². The van der Waals surface area contributed by atoms with Crippen LogP contribution in [0.3, 0.4) is 0 Å². The van der Waals surface area contributed by atoms with Gasteiger partial charge in [-0.1, -0.05) is 22.0 Å². The van der Waals surface area contributed by atoms with Gasteiger partial charge in [-0.15, -0.1) is 0 Å². The van der Waals surface area contributed by atoms with Crippen LogP contribution in [-0.4, -0.2) is 19.7 Å². The maximum atomic E-state index is 4.51. The van der Waals surface area contributed by atoms with Crippen LogP contribution in [0, 0.1) is 6.07 Å². The third-order valence-electron chi connectivity index (χ3n) is 3.31. The number of fused-ring (bicyclic) bond motifs is 1. The third-order valence-corrected chi connectivity index (χ3v) is 3.84. The highest BCUT2D eigenvalue weighted by Crippen LogP contribution is 2.19. The van der Waals surface area contributed by atoms with Crippen LogP contribution in [0.25, 0.3) is 16.9 Å². The first kappa shape index (κ1) is 13.9. The van der Waals surface area contributed by atoms with Crippen molar-refractivity contribution in [1.82, 2.24) is 19.7 Å². The van der Waals surface area contributed by atoms with Crippen LogP contribution < -0.4 is 5.32 Å². The largest absolute Gasteiger partial charge is 0.340 e. The lowest BCUT2D eigenvalue weighted by Crippen LogP contribution is -2.03. The molecule has 4 rings (SSSR count). The Balaban J connectivity index is 1.66. The number of anilines is 2. The second-order valence-corrected chi connectivity index (χ2v) is 5.85. The second-order valence-electron chi connectivity index (χ2n) is 4.93. The first-order chi connectivity index (χ1) is 11.3. The van der Waals surface area contributed by atoms with Gasteiger partial charge < -0.3 is 5.32 Å². The Morgan fingerprint density at radius 2 is 1.96 bits per heavy atom. The topological polar surface area (TPSA) is 55.6 Å². The standard InChI is InChI=1S/C17H11BrN5/c18-13-5-7-14(8-6-13)20-16-9-10-19-17(21-16)23-11-12-3-1-2-4-15(12)22-23/h2-11H,(H,19,20,21). The molecule has 5 nitrogen and oxygen atoms in total. The van der Waals surface area contributed by atoms with Gasteiger partial charge in [-0.3, -0.25) is 0 Å². The first-order valence-electron chi connectivity index (χ1n) is 6.99. The Kier molecular flexibility index (Phi) is 3.51. The van der Waals surface area contributed by atoms with E-state index >= 15 is 0 Å². The number of aromatic nitrogens is 4. The van der Waals surface area contributed by atoms with Crippen molar-refractivity contribution in [1.29, 1.82) is 0 Å². The number of hydrogen-bond acceptors (Lipinski definition) is 4. The summed E-state index contributed by atoms with van der Waals surface area (Å²) in [5.74, 6) is 1.23. The van der Waals surface area contributed by atoms with Gasteiger partial charge in [0, 0.05) is 27.9 Å². The fourth-order valence-electron chi connectivity index (χ4n) is 2.22. The second kappa shape index (κ2) is 5.81. The number of nitrogens with zero attached hydrogens (tertiary/aromatic N) is 4. The molecule has 111 valence electrons. The molecule has 0 amide bonds. The van der Waals surface area contributed by atoms with E-state index in [4.69, 9.17) is 0 Å². The summed E-state index contributed by atoms with van der Waals surface area (Å²) in [6.07, 6.45) is 3.60. The molecule has 6 heteroatoms. The Morgan fingerprint density at radius 1 is 1.09 bits per heavy atom. The van der Waals surface area contributed by atoms with E-state index in [1.54, 1.807) is 10.9 Å². The Bertz CT molecular complexity index is 929. The molecular formula is C17H11BrN5. The van der Waals surface area contributed by atoms with Crippen LogP contribution in [-0.2, 0) is 0 Å². The molecular weight excluding hydrogens is 354 g/mol. The molecule has 2 aromatic heterocycles. The molecule has 0 atom stereocenters. The minimum Gasteiger partial charge on any atom is -0.340 e. The van der Waals surface area contributed by atoms with Gasteiger partial charge in [-0.25, -0.2) is 9.67 Å². The minimum atomic E-state index is 0.517. The maximum Gasteiger partial charge on any atom is 0.252 e. The van der Waals surface area contributed by atoms with Crippen molar-refractivity contribution in [2.45, 2.75) is 0 Å². The SMILES string of the molecule is Brc1ccc(Nc2ccnc(-n3cc4c[c]ccc4n3)n2)cc1. The third kappa shape index (κ3) is 2.93. The average Bonchev–Trinajstić information content (AvgIpc) is 3.01. The van der Waals surface area contributed by atoms with Crippen LogP contribution in [0.1, 0.15) is 0 Å². The highest BCUT2D eigenvalue weighted by molar-refractivity contribution is 9.10. The fourth-order valence-corrected chi connectivity index (χ4v) is 2.48. The number of benzene rings is 2. The minimum absolute atomic E-state index is 0.517. The van der Waals surface area contributed by atoms with Gasteiger partial charge in [-0.05, 0) is 48.5 Å². The molecule has 0 saturated heterocycles. The highest BCUT2D eigenvalue weighted by atomic mass is 79.9. The molecule has 0 bridgehead atoms. The van der Waals surface area contributed by atoms with Crippen molar-refractivity contribution in [3.05, 3.63) is 71.5 Å². The molecule has 23 heavy (non-hydrogen) atoms. The van der Waals surface area contributed by atoms with Crippen molar-refractivity contribution in [2.75, 3.05) is 5.32 Å². The van der Waals surface area contributed by atoms with Gasteiger partial charge in [0.25, 0.3) is 5.95 Å². The average molecular weight is 365 g/mol. The number of nitrogens with one attached hydrogen (secondary N) is 1. The van der Waals surface area contributed by atoms with Crippen LogP contribution >= 0.6 is 15.9 Å². The zero-order valence-corrected chi connectivity index (χ0v) is 13.5. The lowest BCUT2D eigenvalue weighted by atomic mass is 10.3. The number of halogens is 1. The van der Waals surface area contributed by atoms with E-state index < -0.39 is 0 Å². The van der Waals surface area contributed by atoms with Gasteiger partial charge in [0.15, 0.2) is 0 Å². The van der Waals surface area contributed by atoms with Crippen molar-refractivity contribution >= 4 is 38.3 Å². The summed E-state index contributed by atoms with van der Waals surface area (Å²) in [6, 6.07) is 18.4. The molecule has 0 aliphatic heterocycles. The zero-order chi connectivity index (χ0) is 15.6. The molecule has 0 fully saturated rings. The predicted molar refractivity (Wildman–Crippen MR) is 92.9 cm³/mol. The van der Waals surface area contributed by atoms with Crippen LogP contribution in [0.15, 0.2) is 65.4 Å². The van der Waals surface area contributed by atoms with Gasteiger partial charge in [-0.2, -0.15) is 10.1 Å². The van der Waals surface area contributed by atoms with E-state index in [1.165, 1.54) is 0 Å². The van der Waals surface area contributed by atoms with Gasteiger partial charge in [0.05, 0.1) is 5.52 Å². The number of hydrogen-bond donors (Lipinski definition) is 1. The van der Waals surface area contributed by atoms with Crippen molar-refractivity contribution < 1.29 is 0 Å². The summed E-state index contributed by atoms with van der Waals surface area (Å²) in [4.78, 5) is 8.80. The Morgan fingerprint density at radius 3 is 2.78 bits per heavy atom. The lowest BCUT2D eigenvalue weighted by molar-refractivity contribution is 0.821. The van der Waals surface area contributed by atoms with E-state index in [1.807, 2.05) is 54.7 Å². The summed E-state index contributed by atoms with van der Waals surface area (Å²) in [5, 5.41) is 8.74. The zero-order valence-electron chi connectivity index (χ0n) is 11.9. The van der Waals surface area contributed by atoms with Crippen LogP contribution in [0.2, 0.25) is 0 Å². The first-order valence-corrected chi connectivity index (χ1v) is 7.79. The molecule has 4 aromatic rings. The quantitative estimate of drug-likeness (QED) is 0.593. The van der Waals surface area contributed by atoms with Crippen LogP contribution in [0.4, 0.5) is 11.5 Å². The highest BCUT2D eigenvalue weighted by Gasteiger charge is 2.06. The monoisotopic (exact) mass is 364 g/mol. The Hall–Kier alpha value is -2.73. The van der Waals surface area contributed by atoms with E-state index in [2.05, 4.69) is 42.4 Å². The fraction of sp³-hybridized carbons (Fsp3) is 0. The van der Waals surface area contributed by atoms with E-state index in [0.717, 1.165) is 21.1 Å². The summed E-state index contributed by atoms with van der Waals surface area (Å²) in [7, 11) is 0. The maximum absolute atomic E-state index is 4.51. The van der Waals surface area contributed by atoms with E-state index in [-0.39, 0.29) is 0 Å². The molecule has 0 unspecified atom stereocenters. The summed E-state index contributed by atoms with van der Waals surface area (Å²) in [6.45, 7) is 0. The van der Waals surface area contributed by atoms with E-state index in [0.29, 0.717) is 11.8 Å². The van der Waals surface area contributed by atoms with Crippen molar-refractivity contribution in [3.63, 3.8) is 0 Å². The predicted octanol–water partition coefficient (Wildman–Crippen LogP) is 4.12. The van der Waals surface area contributed by atoms with Gasteiger partial charge in [0.2, 0.25) is 0 Å². The molecule has 2 heterocycles.